The monoisotopic (exact) mass is 295 g/mol. The van der Waals surface area contributed by atoms with E-state index in [9.17, 15) is 0 Å². The second-order valence-electron chi connectivity index (χ2n) is 3.73. The SMILES string of the molecule is CNCCCc1noc(-c2cccc(Br)c2)n1. The fraction of sp³-hybridized carbons (Fsp3) is 0.333. The molecular formula is C12H14BrN3O. The van der Waals surface area contributed by atoms with Gasteiger partial charge in [0.15, 0.2) is 5.82 Å². The summed E-state index contributed by atoms with van der Waals surface area (Å²) in [5.41, 5.74) is 0.937. The summed E-state index contributed by atoms with van der Waals surface area (Å²) in [6, 6.07) is 7.83. The normalized spacial score (nSPS) is 10.7. The molecule has 1 heterocycles. The smallest absolute Gasteiger partial charge is 0.257 e. The van der Waals surface area contributed by atoms with Gasteiger partial charge >= 0.3 is 0 Å². The highest BCUT2D eigenvalue weighted by atomic mass is 79.9. The Morgan fingerprint density at radius 1 is 1.41 bits per heavy atom. The highest BCUT2D eigenvalue weighted by Crippen LogP contribution is 2.21. The van der Waals surface area contributed by atoms with Crippen LogP contribution in [-0.2, 0) is 6.42 Å². The molecule has 0 atom stereocenters. The van der Waals surface area contributed by atoms with Crippen LogP contribution in [0.25, 0.3) is 11.5 Å². The second kappa shape index (κ2) is 5.93. The number of hydrogen-bond donors (Lipinski definition) is 1. The van der Waals surface area contributed by atoms with Crippen LogP contribution in [0.4, 0.5) is 0 Å². The molecule has 5 heteroatoms. The molecule has 0 saturated heterocycles. The molecule has 0 aliphatic heterocycles. The van der Waals surface area contributed by atoms with Gasteiger partial charge in [-0.25, -0.2) is 0 Å². The fourth-order valence-corrected chi connectivity index (χ4v) is 1.92. The van der Waals surface area contributed by atoms with Crippen LogP contribution in [-0.4, -0.2) is 23.7 Å². The summed E-state index contributed by atoms with van der Waals surface area (Å²) in [4.78, 5) is 4.37. The zero-order valence-electron chi connectivity index (χ0n) is 9.61. The van der Waals surface area contributed by atoms with Crippen molar-refractivity contribution in [2.24, 2.45) is 0 Å². The van der Waals surface area contributed by atoms with Crippen molar-refractivity contribution in [3.05, 3.63) is 34.6 Å². The molecule has 1 aromatic heterocycles. The Morgan fingerprint density at radius 2 is 2.29 bits per heavy atom. The summed E-state index contributed by atoms with van der Waals surface area (Å²) in [5, 5.41) is 7.06. The maximum Gasteiger partial charge on any atom is 0.257 e. The zero-order chi connectivity index (χ0) is 12.1. The van der Waals surface area contributed by atoms with Gasteiger partial charge in [0.25, 0.3) is 5.89 Å². The van der Waals surface area contributed by atoms with Crippen molar-refractivity contribution < 1.29 is 4.52 Å². The van der Waals surface area contributed by atoms with E-state index in [1.807, 2.05) is 31.3 Å². The van der Waals surface area contributed by atoms with Gasteiger partial charge in [-0.2, -0.15) is 4.98 Å². The van der Waals surface area contributed by atoms with Crippen LogP contribution in [0, 0.1) is 0 Å². The highest BCUT2D eigenvalue weighted by Gasteiger charge is 2.08. The number of hydrogen-bond acceptors (Lipinski definition) is 4. The summed E-state index contributed by atoms with van der Waals surface area (Å²) in [5.74, 6) is 1.33. The number of nitrogens with zero attached hydrogens (tertiary/aromatic N) is 2. The van der Waals surface area contributed by atoms with E-state index in [2.05, 4.69) is 31.4 Å². The van der Waals surface area contributed by atoms with Gasteiger partial charge in [-0.3, -0.25) is 0 Å². The maximum atomic E-state index is 5.23. The number of aryl methyl sites for hydroxylation is 1. The average molecular weight is 296 g/mol. The first kappa shape index (κ1) is 12.3. The molecule has 4 nitrogen and oxygen atoms in total. The molecule has 0 spiro atoms. The topological polar surface area (TPSA) is 51.0 Å². The van der Waals surface area contributed by atoms with Crippen LogP contribution in [0.1, 0.15) is 12.2 Å². The lowest BCUT2D eigenvalue weighted by atomic mass is 10.2. The highest BCUT2D eigenvalue weighted by molar-refractivity contribution is 9.10. The minimum absolute atomic E-state index is 0.575. The van der Waals surface area contributed by atoms with Crippen molar-refractivity contribution in [3.63, 3.8) is 0 Å². The Hall–Kier alpha value is -1.20. The van der Waals surface area contributed by atoms with Gasteiger partial charge in [-0.05, 0) is 38.2 Å². The van der Waals surface area contributed by atoms with E-state index in [1.54, 1.807) is 0 Å². The van der Waals surface area contributed by atoms with E-state index < -0.39 is 0 Å². The van der Waals surface area contributed by atoms with Gasteiger partial charge in [-0.1, -0.05) is 27.2 Å². The largest absolute Gasteiger partial charge is 0.334 e. The van der Waals surface area contributed by atoms with Crippen LogP contribution >= 0.6 is 15.9 Å². The van der Waals surface area contributed by atoms with Gasteiger partial charge in [0.05, 0.1) is 0 Å². The summed E-state index contributed by atoms with van der Waals surface area (Å²) in [6.45, 7) is 0.959. The lowest BCUT2D eigenvalue weighted by molar-refractivity contribution is 0.421. The van der Waals surface area contributed by atoms with E-state index in [-0.39, 0.29) is 0 Å². The first-order valence-electron chi connectivity index (χ1n) is 5.52. The minimum atomic E-state index is 0.575. The van der Waals surface area contributed by atoms with Gasteiger partial charge in [0.2, 0.25) is 0 Å². The molecule has 0 fully saturated rings. The quantitative estimate of drug-likeness (QED) is 0.862. The van der Waals surface area contributed by atoms with Crippen molar-refractivity contribution in [1.29, 1.82) is 0 Å². The third kappa shape index (κ3) is 3.38. The fourth-order valence-electron chi connectivity index (χ4n) is 1.52. The van der Waals surface area contributed by atoms with Gasteiger partial charge < -0.3 is 9.84 Å². The molecule has 17 heavy (non-hydrogen) atoms. The van der Waals surface area contributed by atoms with Crippen molar-refractivity contribution >= 4 is 15.9 Å². The van der Waals surface area contributed by atoms with Crippen molar-refractivity contribution in [1.82, 2.24) is 15.5 Å². The zero-order valence-corrected chi connectivity index (χ0v) is 11.2. The van der Waals surface area contributed by atoms with Crippen molar-refractivity contribution in [2.45, 2.75) is 12.8 Å². The summed E-state index contributed by atoms with van der Waals surface area (Å²) < 4.78 is 6.24. The van der Waals surface area contributed by atoms with Crippen LogP contribution in [0.5, 0.6) is 0 Å². The second-order valence-corrected chi connectivity index (χ2v) is 4.65. The predicted octanol–water partition coefficient (Wildman–Crippen LogP) is 2.65. The lowest BCUT2D eigenvalue weighted by Gasteiger charge is -1.94. The molecule has 1 N–H and O–H groups in total. The summed E-state index contributed by atoms with van der Waals surface area (Å²) in [6.07, 6.45) is 1.84. The Bertz CT molecular complexity index is 484. The predicted molar refractivity (Wildman–Crippen MR) is 69.7 cm³/mol. The van der Waals surface area contributed by atoms with Crippen molar-refractivity contribution in [2.75, 3.05) is 13.6 Å². The number of aromatic nitrogens is 2. The molecule has 90 valence electrons. The number of benzene rings is 1. The van der Waals surface area contributed by atoms with Gasteiger partial charge in [-0.15, -0.1) is 0 Å². The Kier molecular flexibility index (Phi) is 4.28. The van der Waals surface area contributed by atoms with E-state index in [1.165, 1.54) is 0 Å². The number of nitrogens with one attached hydrogen (secondary N) is 1. The summed E-state index contributed by atoms with van der Waals surface area (Å²) in [7, 11) is 1.93. The van der Waals surface area contributed by atoms with E-state index in [0.717, 1.165) is 35.2 Å². The number of rotatable bonds is 5. The molecule has 2 aromatic rings. The first-order chi connectivity index (χ1) is 8.29. The Morgan fingerprint density at radius 3 is 3.06 bits per heavy atom. The van der Waals surface area contributed by atoms with Crippen LogP contribution in [0.2, 0.25) is 0 Å². The molecule has 2 rings (SSSR count). The Labute approximate surface area is 109 Å². The third-order valence-electron chi connectivity index (χ3n) is 2.37. The average Bonchev–Trinajstić information content (AvgIpc) is 2.78. The summed E-state index contributed by atoms with van der Waals surface area (Å²) >= 11 is 3.42. The Balaban J connectivity index is 2.07. The molecule has 0 bridgehead atoms. The van der Waals surface area contributed by atoms with Crippen molar-refractivity contribution in [3.8, 4) is 11.5 Å². The molecule has 0 radical (unpaired) electrons. The maximum absolute atomic E-state index is 5.23. The first-order valence-corrected chi connectivity index (χ1v) is 6.32. The van der Waals surface area contributed by atoms with E-state index in [4.69, 9.17) is 4.52 Å². The molecular weight excluding hydrogens is 282 g/mol. The van der Waals surface area contributed by atoms with Crippen LogP contribution in [0.15, 0.2) is 33.3 Å². The van der Waals surface area contributed by atoms with Crippen LogP contribution in [0.3, 0.4) is 0 Å². The standard InChI is InChI=1S/C12H14BrN3O/c1-14-7-3-6-11-15-12(17-16-11)9-4-2-5-10(13)8-9/h2,4-5,8,14H,3,6-7H2,1H3. The van der Waals surface area contributed by atoms with Gasteiger partial charge in [0.1, 0.15) is 0 Å². The number of halogens is 1. The van der Waals surface area contributed by atoms with E-state index in [0.29, 0.717) is 5.89 Å². The third-order valence-corrected chi connectivity index (χ3v) is 2.86. The van der Waals surface area contributed by atoms with E-state index >= 15 is 0 Å². The molecule has 0 amide bonds. The molecule has 0 saturated carbocycles. The molecule has 1 aromatic carbocycles. The molecule has 0 aliphatic rings. The molecule has 0 aliphatic carbocycles. The minimum Gasteiger partial charge on any atom is -0.334 e. The van der Waals surface area contributed by atoms with Gasteiger partial charge in [0, 0.05) is 16.5 Å². The van der Waals surface area contributed by atoms with Crippen LogP contribution < -0.4 is 5.32 Å². The lowest BCUT2D eigenvalue weighted by Crippen LogP contribution is -2.08. The molecule has 0 unspecified atom stereocenters.